The predicted octanol–water partition coefficient (Wildman–Crippen LogP) is 1.49. The lowest BCUT2D eigenvalue weighted by molar-refractivity contribution is -0.122. The van der Waals surface area contributed by atoms with Gasteiger partial charge in [-0.3, -0.25) is 14.6 Å². The van der Waals surface area contributed by atoms with Crippen molar-refractivity contribution < 1.29 is 9.59 Å². The molecule has 3 N–H and O–H groups in total. The van der Waals surface area contributed by atoms with Gasteiger partial charge in [-0.25, -0.2) is 4.98 Å². The summed E-state index contributed by atoms with van der Waals surface area (Å²) in [6.45, 7) is 1.56. The van der Waals surface area contributed by atoms with E-state index < -0.39 is 5.91 Å². The van der Waals surface area contributed by atoms with Gasteiger partial charge in [0, 0.05) is 25.4 Å². The van der Waals surface area contributed by atoms with Crippen LogP contribution in [-0.4, -0.2) is 40.9 Å². The van der Waals surface area contributed by atoms with Crippen molar-refractivity contribution in [3.8, 4) is 0 Å². The molecule has 2 amide bonds. The van der Waals surface area contributed by atoms with Crippen LogP contribution in [0.4, 0.5) is 5.82 Å². The Hall–Kier alpha value is -2.18. The number of amides is 2. The molecule has 2 aliphatic carbocycles. The van der Waals surface area contributed by atoms with Crippen molar-refractivity contribution in [1.82, 2.24) is 15.3 Å². The van der Waals surface area contributed by atoms with Crippen molar-refractivity contribution in [1.29, 1.82) is 0 Å². The Labute approximate surface area is 153 Å². The number of hydrogen-bond donors (Lipinski definition) is 2. The van der Waals surface area contributed by atoms with Crippen LogP contribution in [0.3, 0.4) is 0 Å². The van der Waals surface area contributed by atoms with Crippen molar-refractivity contribution >= 4 is 17.6 Å². The number of anilines is 1. The smallest absolute Gasteiger partial charge is 0.268 e. The monoisotopic (exact) mass is 357 g/mol. The molecule has 1 aromatic rings. The molecule has 0 bridgehead atoms. The lowest BCUT2D eigenvalue weighted by Crippen LogP contribution is -2.41. The van der Waals surface area contributed by atoms with E-state index in [2.05, 4.69) is 20.2 Å². The van der Waals surface area contributed by atoms with Crippen LogP contribution in [0.5, 0.6) is 0 Å². The van der Waals surface area contributed by atoms with Crippen LogP contribution >= 0.6 is 0 Å². The first-order valence-corrected chi connectivity index (χ1v) is 9.76. The number of hydrogen-bond acceptors (Lipinski definition) is 5. The maximum absolute atomic E-state index is 12.5. The van der Waals surface area contributed by atoms with Crippen LogP contribution in [0.2, 0.25) is 0 Å². The number of primary amides is 1. The molecule has 3 aliphatic rings. The fourth-order valence-electron chi connectivity index (χ4n) is 4.54. The van der Waals surface area contributed by atoms with Crippen LogP contribution < -0.4 is 16.0 Å². The van der Waals surface area contributed by atoms with Crippen molar-refractivity contribution in [3.63, 3.8) is 0 Å². The standard InChI is InChI=1S/C19H27N5O2/c20-19(26)15-8-21-9-17(22-15)24-10-14(13-5-6-13)16(11-24)23-18(25)7-12-3-1-2-4-12/h8-9,12-14,16H,1-7,10-11H2,(H2,20,26)(H,23,25)/t14-,16+/m1/s1. The molecular weight excluding hydrogens is 330 g/mol. The summed E-state index contributed by atoms with van der Waals surface area (Å²) in [4.78, 5) is 34.4. The van der Waals surface area contributed by atoms with Crippen molar-refractivity contribution in [2.75, 3.05) is 18.0 Å². The van der Waals surface area contributed by atoms with Crippen molar-refractivity contribution in [2.45, 2.75) is 51.0 Å². The van der Waals surface area contributed by atoms with Crippen molar-refractivity contribution in [3.05, 3.63) is 18.1 Å². The highest BCUT2D eigenvalue weighted by atomic mass is 16.2. The summed E-state index contributed by atoms with van der Waals surface area (Å²) >= 11 is 0. The summed E-state index contributed by atoms with van der Waals surface area (Å²) < 4.78 is 0. The Morgan fingerprint density at radius 1 is 1.15 bits per heavy atom. The molecule has 0 unspecified atom stereocenters. The van der Waals surface area contributed by atoms with Gasteiger partial charge < -0.3 is 16.0 Å². The van der Waals surface area contributed by atoms with Gasteiger partial charge in [-0.1, -0.05) is 12.8 Å². The van der Waals surface area contributed by atoms with E-state index in [4.69, 9.17) is 5.73 Å². The molecule has 26 heavy (non-hydrogen) atoms. The summed E-state index contributed by atoms with van der Waals surface area (Å²) in [6.07, 6.45) is 11.1. The van der Waals surface area contributed by atoms with Gasteiger partial charge in [0.05, 0.1) is 18.4 Å². The highest BCUT2D eigenvalue weighted by Gasteiger charge is 2.43. The van der Waals surface area contributed by atoms with Crippen LogP contribution in [-0.2, 0) is 4.79 Å². The van der Waals surface area contributed by atoms with Gasteiger partial charge >= 0.3 is 0 Å². The molecule has 1 saturated heterocycles. The molecule has 140 valence electrons. The summed E-state index contributed by atoms with van der Waals surface area (Å²) in [5.41, 5.74) is 5.50. The topological polar surface area (TPSA) is 101 Å². The SMILES string of the molecule is NC(=O)c1cncc(N2C[C@H](NC(=O)CC3CCCC3)[C@@H](C3CC3)C2)n1. The normalized spacial score (nSPS) is 26.2. The fraction of sp³-hybridized carbons (Fsp3) is 0.684. The zero-order valence-electron chi connectivity index (χ0n) is 15.1. The van der Waals surface area contributed by atoms with Gasteiger partial charge in [0.25, 0.3) is 5.91 Å². The first kappa shape index (κ1) is 17.2. The zero-order chi connectivity index (χ0) is 18.1. The predicted molar refractivity (Wildman–Crippen MR) is 97.5 cm³/mol. The summed E-state index contributed by atoms with van der Waals surface area (Å²) in [5, 5.41) is 3.29. The molecule has 1 aromatic heterocycles. The van der Waals surface area contributed by atoms with E-state index in [9.17, 15) is 9.59 Å². The van der Waals surface area contributed by atoms with E-state index in [1.165, 1.54) is 44.7 Å². The van der Waals surface area contributed by atoms with Gasteiger partial charge in [0.1, 0.15) is 11.5 Å². The Bertz CT molecular complexity index is 684. The molecule has 7 nitrogen and oxygen atoms in total. The molecule has 7 heteroatoms. The van der Waals surface area contributed by atoms with Crippen LogP contribution in [0.1, 0.15) is 55.4 Å². The van der Waals surface area contributed by atoms with E-state index >= 15 is 0 Å². The molecule has 1 aliphatic heterocycles. The average Bonchev–Trinajstić information content (AvgIpc) is 3.18. The van der Waals surface area contributed by atoms with Crippen LogP contribution in [0.15, 0.2) is 12.4 Å². The fourth-order valence-corrected chi connectivity index (χ4v) is 4.54. The second-order valence-corrected chi connectivity index (χ2v) is 8.06. The minimum Gasteiger partial charge on any atom is -0.364 e. The van der Waals surface area contributed by atoms with E-state index in [1.54, 1.807) is 6.20 Å². The minimum atomic E-state index is -0.571. The maximum atomic E-state index is 12.5. The highest BCUT2D eigenvalue weighted by molar-refractivity contribution is 5.90. The first-order valence-electron chi connectivity index (χ1n) is 9.76. The van der Waals surface area contributed by atoms with E-state index in [-0.39, 0.29) is 17.6 Å². The van der Waals surface area contributed by atoms with Gasteiger partial charge in [0.2, 0.25) is 5.91 Å². The molecule has 0 aromatic carbocycles. The zero-order valence-corrected chi connectivity index (χ0v) is 15.1. The second kappa shape index (κ2) is 7.21. The molecule has 3 fully saturated rings. The van der Waals surface area contributed by atoms with E-state index in [1.807, 2.05) is 0 Å². The third-order valence-corrected chi connectivity index (χ3v) is 6.09. The molecule has 0 spiro atoms. The number of nitrogens with one attached hydrogen (secondary N) is 1. The average molecular weight is 357 g/mol. The Kier molecular flexibility index (Phi) is 4.78. The van der Waals surface area contributed by atoms with Gasteiger partial charge in [-0.15, -0.1) is 0 Å². The third kappa shape index (κ3) is 3.81. The number of carbonyl (C=O) groups is 2. The Morgan fingerprint density at radius 3 is 2.62 bits per heavy atom. The Morgan fingerprint density at radius 2 is 1.92 bits per heavy atom. The summed E-state index contributed by atoms with van der Waals surface area (Å²) in [7, 11) is 0. The molecule has 0 radical (unpaired) electrons. The lowest BCUT2D eigenvalue weighted by atomic mass is 9.97. The van der Waals surface area contributed by atoms with Gasteiger partial charge in [0.15, 0.2) is 0 Å². The summed E-state index contributed by atoms with van der Waals surface area (Å²) in [6, 6.07) is 0.149. The largest absolute Gasteiger partial charge is 0.364 e. The number of nitrogens with two attached hydrogens (primary N) is 1. The number of nitrogens with zero attached hydrogens (tertiary/aromatic N) is 3. The minimum absolute atomic E-state index is 0.149. The second-order valence-electron chi connectivity index (χ2n) is 8.06. The molecule has 2 heterocycles. The molecule has 4 rings (SSSR count). The highest BCUT2D eigenvalue weighted by Crippen LogP contribution is 2.42. The third-order valence-electron chi connectivity index (χ3n) is 6.09. The molecular formula is C19H27N5O2. The Balaban J connectivity index is 1.42. The molecule has 2 atom stereocenters. The number of aromatic nitrogens is 2. The maximum Gasteiger partial charge on any atom is 0.268 e. The summed E-state index contributed by atoms with van der Waals surface area (Å²) in [5.74, 6) is 1.97. The quantitative estimate of drug-likeness (QED) is 0.803. The van der Waals surface area contributed by atoms with Crippen LogP contribution in [0.25, 0.3) is 0 Å². The van der Waals surface area contributed by atoms with Gasteiger partial charge in [-0.2, -0.15) is 0 Å². The first-order chi connectivity index (χ1) is 12.6. The van der Waals surface area contributed by atoms with Crippen molar-refractivity contribution in [2.24, 2.45) is 23.5 Å². The lowest BCUT2D eigenvalue weighted by Gasteiger charge is -2.20. The number of carbonyl (C=O) groups excluding carboxylic acids is 2. The molecule has 2 saturated carbocycles. The van der Waals surface area contributed by atoms with E-state index in [0.29, 0.717) is 36.5 Å². The van der Waals surface area contributed by atoms with E-state index in [0.717, 1.165) is 6.54 Å². The van der Waals surface area contributed by atoms with Crippen LogP contribution in [0, 0.1) is 17.8 Å². The number of rotatable bonds is 6. The van der Waals surface area contributed by atoms with Gasteiger partial charge in [-0.05, 0) is 37.5 Å².